The van der Waals surface area contributed by atoms with Crippen LogP contribution in [0.25, 0.3) is 0 Å². The van der Waals surface area contributed by atoms with Gasteiger partial charge in [0.05, 0.1) is 0 Å². The topological polar surface area (TPSA) is 0 Å². The molecule has 0 nitrogen and oxygen atoms in total. The molecule has 0 N–H and O–H groups in total. The van der Waals surface area contributed by atoms with Crippen LogP contribution in [-0.4, -0.2) is 30.4 Å². The van der Waals surface area contributed by atoms with Crippen LogP contribution in [0.1, 0.15) is 25.7 Å². The number of allylic oxidation sites excluding steroid dienone is 2. The SMILES string of the molecule is [B]/C=C1/CCCC/C1=[CH]/[Sn+]. The first-order chi connectivity index (χ1) is 4.88. The van der Waals surface area contributed by atoms with Gasteiger partial charge in [-0.05, 0) is 0 Å². The van der Waals surface area contributed by atoms with E-state index in [2.05, 4.69) is 4.09 Å². The van der Waals surface area contributed by atoms with E-state index in [0.717, 1.165) is 0 Å². The zero-order valence-electron chi connectivity index (χ0n) is 6.06. The normalized spacial score (nSPS) is 27.6. The molecule has 0 aliphatic heterocycles. The second-order valence-electron chi connectivity index (χ2n) is 2.57. The van der Waals surface area contributed by atoms with Crippen LogP contribution in [0, 0.1) is 0 Å². The van der Waals surface area contributed by atoms with Crippen molar-refractivity contribution in [3.8, 4) is 0 Å². The molecule has 2 heteroatoms. The molecule has 0 aromatic rings. The Labute approximate surface area is 77.3 Å². The maximum atomic E-state index is 5.48. The van der Waals surface area contributed by atoms with Crippen LogP contribution in [0.2, 0.25) is 0 Å². The molecule has 4 radical (unpaired) electrons. The Balaban J connectivity index is 2.69. The fourth-order valence-corrected chi connectivity index (χ4v) is 2.25. The van der Waals surface area contributed by atoms with Crippen LogP contribution in [0.3, 0.4) is 0 Å². The third kappa shape index (κ3) is 1.91. The molecular formula is C8H10BSn+. The maximum absolute atomic E-state index is 5.48. The second kappa shape index (κ2) is 4.27. The molecule has 1 rings (SSSR count). The van der Waals surface area contributed by atoms with Crippen LogP contribution >= 0.6 is 0 Å². The van der Waals surface area contributed by atoms with Gasteiger partial charge >= 0.3 is 77.3 Å². The molecule has 1 saturated carbocycles. The zero-order chi connectivity index (χ0) is 7.40. The molecule has 0 aromatic carbocycles. The summed E-state index contributed by atoms with van der Waals surface area (Å²) in [5.41, 5.74) is 2.87. The molecule has 0 heterocycles. The molecule has 0 bridgehead atoms. The van der Waals surface area contributed by atoms with Crippen LogP contribution in [0.15, 0.2) is 21.2 Å². The Morgan fingerprint density at radius 3 is 2.20 bits per heavy atom. The Bertz CT molecular complexity index is 150. The summed E-state index contributed by atoms with van der Waals surface area (Å²) < 4.78 is 2.27. The van der Waals surface area contributed by atoms with E-state index < -0.39 is 0 Å². The standard InChI is InChI=1S/C8H10B.Sn/c1-7-4-2-3-5-8(7)6-9;/h1,6H,2-5H2;/q;+1/b7-1?,8-6-;. The van der Waals surface area contributed by atoms with Crippen LogP contribution in [0.4, 0.5) is 0 Å². The van der Waals surface area contributed by atoms with E-state index in [1.807, 2.05) is 0 Å². The van der Waals surface area contributed by atoms with Gasteiger partial charge < -0.3 is 0 Å². The van der Waals surface area contributed by atoms with Crippen LogP contribution < -0.4 is 0 Å². The van der Waals surface area contributed by atoms with E-state index in [0.29, 0.717) is 0 Å². The van der Waals surface area contributed by atoms with Crippen LogP contribution in [-0.2, 0) is 0 Å². The van der Waals surface area contributed by atoms with Crippen molar-refractivity contribution in [3.05, 3.63) is 21.2 Å². The first-order valence-corrected chi connectivity index (χ1v) is 5.30. The fraction of sp³-hybridized carbons (Fsp3) is 0.500. The molecule has 1 aliphatic rings. The summed E-state index contributed by atoms with van der Waals surface area (Å²) in [4.78, 5) is 0. The predicted molar refractivity (Wildman–Crippen MR) is 46.1 cm³/mol. The van der Waals surface area contributed by atoms with Gasteiger partial charge in [0.2, 0.25) is 0 Å². The summed E-state index contributed by atoms with van der Waals surface area (Å²) >= 11 is 1.49. The van der Waals surface area contributed by atoms with E-state index in [4.69, 9.17) is 7.85 Å². The quantitative estimate of drug-likeness (QED) is 0.561. The zero-order valence-corrected chi connectivity index (χ0v) is 8.91. The van der Waals surface area contributed by atoms with E-state index >= 15 is 0 Å². The van der Waals surface area contributed by atoms with Crippen molar-refractivity contribution in [2.75, 3.05) is 0 Å². The van der Waals surface area contributed by atoms with Crippen molar-refractivity contribution in [2.24, 2.45) is 0 Å². The molecule has 0 atom stereocenters. The minimum absolute atomic E-state index is 1.19. The van der Waals surface area contributed by atoms with Gasteiger partial charge in [0.25, 0.3) is 0 Å². The molecule has 1 fully saturated rings. The van der Waals surface area contributed by atoms with E-state index in [1.54, 1.807) is 5.98 Å². The number of hydrogen-bond donors (Lipinski definition) is 0. The molecule has 48 valence electrons. The van der Waals surface area contributed by atoms with Crippen molar-refractivity contribution in [3.63, 3.8) is 0 Å². The van der Waals surface area contributed by atoms with E-state index in [9.17, 15) is 0 Å². The van der Waals surface area contributed by atoms with Crippen LogP contribution in [0.5, 0.6) is 0 Å². The number of hydrogen-bond acceptors (Lipinski definition) is 0. The van der Waals surface area contributed by atoms with Crippen molar-refractivity contribution < 1.29 is 0 Å². The van der Waals surface area contributed by atoms with Crippen molar-refractivity contribution in [1.29, 1.82) is 0 Å². The average Bonchev–Trinajstić information content (AvgIpc) is 2.04. The molecule has 0 aromatic heterocycles. The number of rotatable bonds is 0. The first-order valence-electron chi connectivity index (χ1n) is 3.66. The van der Waals surface area contributed by atoms with E-state index in [1.165, 1.54) is 59.4 Å². The summed E-state index contributed by atoms with van der Waals surface area (Å²) in [6.45, 7) is 0. The molecule has 10 heavy (non-hydrogen) atoms. The Morgan fingerprint density at radius 1 is 1.20 bits per heavy atom. The van der Waals surface area contributed by atoms with Gasteiger partial charge in [-0.2, -0.15) is 0 Å². The van der Waals surface area contributed by atoms with Gasteiger partial charge in [0.1, 0.15) is 0 Å². The van der Waals surface area contributed by atoms with Crippen molar-refractivity contribution >= 4 is 30.4 Å². The van der Waals surface area contributed by atoms with Gasteiger partial charge in [0.15, 0.2) is 0 Å². The summed E-state index contributed by atoms with van der Waals surface area (Å²) in [6, 6.07) is 0. The Kier molecular flexibility index (Phi) is 3.60. The van der Waals surface area contributed by atoms with Gasteiger partial charge in [-0.3, -0.25) is 0 Å². The average molecular weight is 236 g/mol. The first kappa shape index (κ1) is 8.44. The Hall–Kier alpha value is 0.344. The van der Waals surface area contributed by atoms with Crippen molar-refractivity contribution in [1.82, 2.24) is 0 Å². The van der Waals surface area contributed by atoms with Crippen molar-refractivity contribution in [2.45, 2.75) is 25.7 Å². The van der Waals surface area contributed by atoms with Gasteiger partial charge in [-0.1, -0.05) is 0 Å². The third-order valence-corrected chi connectivity index (χ3v) is 2.92. The summed E-state index contributed by atoms with van der Waals surface area (Å²) in [6.07, 6.45) is 5.10. The second-order valence-corrected chi connectivity index (χ2v) is 3.39. The summed E-state index contributed by atoms with van der Waals surface area (Å²) in [7, 11) is 5.48. The molecule has 0 spiro atoms. The Morgan fingerprint density at radius 2 is 1.80 bits per heavy atom. The molecule has 1 aliphatic carbocycles. The monoisotopic (exact) mass is 237 g/mol. The summed E-state index contributed by atoms with van der Waals surface area (Å²) in [5, 5.41) is 0. The molecule has 0 saturated heterocycles. The molecule has 0 unspecified atom stereocenters. The molecule has 0 amide bonds. The van der Waals surface area contributed by atoms with Gasteiger partial charge in [0, 0.05) is 0 Å². The molecular weight excluding hydrogens is 226 g/mol. The summed E-state index contributed by atoms with van der Waals surface area (Å²) in [5.74, 6) is 1.77. The third-order valence-electron chi connectivity index (χ3n) is 1.93. The minimum atomic E-state index is 1.19. The fourth-order valence-electron chi connectivity index (χ4n) is 1.31. The van der Waals surface area contributed by atoms with E-state index in [-0.39, 0.29) is 0 Å². The van der Waals surface area contributed by atoms with Gasteiger partial charge in [-0.15, -0.1) is 0 Å². The van der Waals surface area contributed by atoms with Gasteiger partial charge in [-0.25, -0.2) is 0 Å². The predicted octanol–water partition coefficient (Wildman–Crippen LogP) is 1.67.